The molecule has 2 aromatic heterocycles. The lowest BCUT2D eigenvalue weighted by Gasteiger charge is -2.24. The normalized spacial score (nSPS) is 13.4. The molecule has 0 amide bonds. The molecule has 9 nitrogen and oxygen atoms in total. The Bertz CT molecular complexity index is 1720. The highest BCUT2D eigenvalue weighted by Crippen LogP contribution is 2.34. The van der Waals surface area contributed by atoms with Crippen LogP contribution in [0.5, 0.6) is 17.2 Å². The van der Waals surface area contributed by atoms with E-state index in [9.17, 15) is 29.7 Å². The van der Waals surface area contributed by atoms with Crippen LogP contribution in [-0.2, 0) is 35.5 Å². The molecular formula is C30H30N2O7. The molecule has 1 aliphatic heterocycles. The van der Waals surface area contributed by atoms with Crippen LogP contribution in [-0.4, -0.2) is 37.5 Å². The van der Waals surface area contributed by atoms with Crippen LogP contribution >= 0.6 is 0 Å². The van der Waals surface area contributed by atoms with E-state index in [-0.39, 0.29) is 46.9 Å². The quantitative estimate of drug-likeness (QED) is 0.246. The number of phenols is 2. The third-order valence-electron chi connectivity index (χ3n) is 7.56. The third kappa shape index (κ3) is 4.76. The van der Waals surface area contributed by atoms with Crippen LogP contribution in [0.2, 0.25) is 0 Å². The summed E-state index contributed by atoms with van der Waals surface area (Å²) in [5, 5.41) is 31.3. The number of hydrogen-bond acceptors (Lipinski definition) is 7. The average Bonchev–Trinajstić information content (AvgIpc) is 2.91. The first kappa shape index (κ1) is 26.1. The Hall–Kier alpha value is -4.53. The second-order valence-electron chi connectivity index (χ2n) is 9.96. The van der Waals surface area contributed by atoms with Gasteiger partial charge in [0, 0.05) is 30.3 Å². The van der Waals surface area contributed by atoms with Crippen LogP contribution in [0.1, 0.15) is 46.7 Å². The summed E-state index contributed by atoms with van der Waals surface area (Å²) in [6, 6.07) is 13.4. The molecule has 0 fully saturated rings. The van der Waals surface area contributed by atoms with E-state index in [1.54, 1.807) is 23.6 Å². The second-order valence-corrected chi connectivity index (χ2v) is 9.96. The SMILES string of the molecule is COC(=O)CC(c1c(O)cc(C)n(CCc2ccc(O)c(O)c2)c1=O)c1cc2cccc3c2n(c1=O)CCC3. The van der Waals surface area contributed by atoms with Crippen LogP contribution in [0.25, 0.3) is 10.9 Å². The second kappa shape index (κ2) is 10.3. The maximum Gasteiger partial charge on any atom is 0.306 e. The zero-order valence-corrected chi connectivity index (χ0v) is 21.8. The van der Waals surface area contributed by atoms with Gasteiger partial charge < -0.3 is 29.2 Å². The fourth-order valence-corrected chi connectivity index (χ4v) is 5.59. The summed E-state index contributed by atoms with van der Waals surface area (Å²) in [4.78, 5) is 40.2. The number of aromatic nitrogens is 2. The predicted molar refractivity (Wildman–Crippen MR) is 146 cm³/mol. The van der Waals surface area contributed by atoms with Gasteiger partial charge in [-0.05, 0) is 67.0 Å². The summed E-state index contributed by atoms with van der Waals surface area (Å²) in [6.07, 6.45) is 1.72. The van der Waals surface area contributed by atoms with Gasteiger partial charge in [-0.15, -0.1) is 0 Å². The van der Waals surface area contributed by atoms with Crippen molar-refractivity contribution in [2.75, 3.05) is 7.11 Å². The molecule has 0 radical (unpaired) electrons. The van der Waals surface area contributed by atoms with E-state index in [1.165, 1.54) is 29.9 Å². The fourth-order valence-electron chi connectivity index (χ4n) is 5.59. The van der Waals surface area contributed by atoms with Crippen molar-refractivity contribution in [3.63, 3.8) is 0 Å². The number of phenolic OH excluding ortho intramolecular Hbond substituents is 2. The molecule has 1 aliphatic rings. The van der Waals surface area contributed by atoms with Gasteiger partial charge in [-0.2, -0.15) is 0 Å². The van der Waals surface area contributed by atoms with Crippen molar-refractivity contribution in [2.45, 2.75) is 51.6 Å². The van der Waals surface area contributed by atoms with Gasteiger partial charge in [0.05, 0.1) is 24.6 Å². The molecule has 0 saturated heterocycles. The highest BCUT2D eigenvalue weighted by Gasteiger charge is 2.30. The van der Waals surface area contributed by atoms with Crippen LogP contribution < -0.4 is 11.1 Å². The first-order valence-corrected chi connectivity index (χ1v) is 12.9. The lowest BCUT2D eigenvalue weighted by Crippen LogP contribution is -2.33. The number of aromatic hydroxyl groups is 3. The summed E-state index contributed by atoms with van der Waals surface area (Å²) in [6.45, 7) is 2.41. The maximum absolute atomic E-state index is 13.9. The molecule has 39 heavy (non-hydrogen) atoms. The van der Waals surface area contributed by atoms with Crippen LogP contribution in [0.15, 0.2) is 58.1 Å². The number of benzene rings is 2. The Morgan fingerprint density at radius 1 is 1.00 bits per heavy atom. The Morgan fingerprint density at radius 3 is 2.54 bits per heavy atom. The van der Waals surface area contributed by atoms with Crippen molar-refractivity contribution in [3.8, 4) is 17.2 Å². The van der Waals surface area contributed by atoms with Crippen LogP contribution in [0.4, 0.5) is 0 Å². The number of hydrogen-bond donors (Lipinski definition) is 3. The van der Waals surface area contributed by atoms with Crippen molar-refractivity contribution < 1.29 is 24.9 Å². The van der Waals surface area contributed by atoms with Crippen molar-refractivity contribution in [1.82, 2.24) is 9.13 Å². The van der Waals surface area contributed by atoms with Crippen molar-refractivity contribution in [3.05, 3.63) is 97.2 Å². The Morgan fingerprint density at radius 2 is 1.79 bits per heavy atom. The Balaban J connectivity index is 1.65. The van der Waals surface area contributed by atoms with Crippen LogP contribution in [0, 0.1) is 6.92 Å². The molecule has 202 valence electrons. The number of carbonyl (C=O) groups excluding carboxylic acids is 1. The Labute approximate surface area is 224 Å². The van der Waals surface area contributed by atoms with E-state index in [1.807, 2.05) is 18.2 Å². The molecule has 0 bridgehead atoms. The van der Waals surface area contributed by atoms with E-state index in [4.69, 9.17) is 4.74 Å². The number of aryl methyl sites for hydroxylation is 4. The number of pyridine rings is 2. The average molecular weight is 531 g/mol. The number of rotatable bonds is 7. The minimum atomic E-state index is -1.03. The minimum Gasteiger partial charge on any atom is -0.507 e. The standard InChI is InChI=1S/C30H30N2O7/c1-17-13-25(35)27(30(38)31(17)12-10-18-8-9-23(33)24(34)14-18)21(16-26(36)39-2)22-15-20-6-3-5-19-7-4-11-32(28(19)20)29(22)37/h3,5-6,8-9,13-15,21,33-35H,4,7,10-12,16H2,1-2H3. The summed E-state index contributed by atoms with van der Waals surface area (Å²) < 4.78 is 8.09. The molecule has 0 spiro atoms. The summed E-state index contributed by atoms with van der Waals surface area (Å²) in [5.74, 6) is -2.43. The van der Waals surface area contributed by atoms with Gasteiger partial charge in [0.25, 0.3) is 11.1 Å². The molecule has 2 aromatic carbocycles. The van der Waals surface area contributed by atoms with Crippen molar-refractivity contribution >= 4 is 16.9 Å². The lowest BCUT2D eigenvalue weighted by atomic mass is 9.87. The number of carbonyl (C=O) groups is 1. The molecule has 0 saturated carbocycles. The van der Waals surface area contributed by atoms with Gasteiger partial charge in [0.2, 0.25) is 0 Å². The van der Waals surface area contributed by atoms with Gasteiger partial charge in [-0.1, -0.05) is 24.3 Å². The largest absolute Gasteiger partial charge is 0.507 e. The summed E-state index contributed by atoms with van der Waals surface area (Å²) >= 11 is 0. The smallest absolute Gasteiger partial charge is 0.306 e. The van der Waals surface area contributed by atoms with E-state index < -0.39 is 17.4 Å². The number of ether oxygens (including phenoxy) is 1. The van der Waals surface area contributed by atoms with E-state index in [0.29, 0.717) is 24.2 Å². The number of methoxy groups -OCH3 is 1. The fraction of sp³-hybridized carbons (Fsp3) is 0.300. The van der Waals surface area contributed by atoms with Gasteiger partial charge in [0.15, 0.2) is 11.5 Å². The summed E-state index contributed by atoms with van der Waals surface area (Å²) in [5.41, 5.74) is 2.51. The monoisotopic (exact) mass is 530 g/mol. The lowest BCUT2D eigenvalue weighted by molar-refractivity contribution is -0.140. The molecule has 1 unspecified atom stereocenters. The molecule has 0 aliphatic carbocycles. The molecule has 9 heteroatoms. The zero-order chi connectivity index (χ0) is 27.8. The molecule has 1 atom stereocenters. The predicted octanol–water partition coefficient (Wildman–Crippen LogP) is 3.47. The first-order chi connectivity index (χ1) is 18.7. The summed E-state index contributed by atoms with van der Waals surface area (Å²) in [7, 11) is 1.24. The molecule has 3 N–H and O–H groups in total. The first-order valence-electron chi connectivity index (χ1n) is 12.9. The maximum atomic E-state index is 13.9. The van der Waals surface area contributed by atoms with Gasteiger partial charge >= 0.3 is 5.97 Å². The van der Waals surface area contributed by atoms with E-state index in [2.05, 4.69) is 0 Å². The highest BCUT2D eigenvalue weighted by molar-refractivity contribution is 5.84. The molecule has 3 heterocycles. The van der Waals surface area contributed by atoms with E-state index in [0.717, 1.165) is 29.3 Å². The van der Waals surface area contributed by atoms with Gasteiger partial charge in [-0.3, -0.25) is 14.4 Å². The minimum absolute atomic E-state index is 0.0456. The van der Waals surface area contributed by atoms with Crippen molar-refractivity contribution in [2.24, 2.45) is 0 Å². The topological polar surface area (TPSA) is 131 Å². The molecule has 4 aromatic rings. The highest BCUT2D eigenvalue weighted by atomic mass is 16.5. The van der Waals surface area contributed by atoms with Gasteiger partial charge in [-0.25, -0.2) is 0 Å². The van der Waals surface area contributed by atoms with E-state index >= 15 is 0 Å². The number of nitrogens with zero attached hydrogens (tertiary/aromatic N) is 2. The number of para-hydroxylation sites is 1. The van der Waals surface area contributed by atoms with Crippen LogP contribution in [0.3, 0.4) is 0 Å². The molecule has 5 rings (SSSR count). The van der Waals surface area contributed by atoms with Gasteiger partial charge in [0.1, 0.15) is 5.75 Å². The van der Waals surface area contributed by atoms with Crippen molar-refractivity contribution in [1.29, 1.82) is 0 Å². The third-order valence-corrected chi connectivity index (χ3v) is 7.56. The number of esters is 1. The molecular weight excluding hydrogens is 500 g/mol. The zero-order valence-electron chi connectivity index (χ0n) is 21.8. The Kier molecular flexibility index (Phi) is 6.91.